The summed E-state index contributed by atoms with van der Waals surface area (Å²) in [5.74, 6) is 1.10. The van der Waals surface area contributed by atoms with Crippen molar-refractivity contribution in [2.75, 3.05) is 13.7 Å². The summed E-state index contributed by atoms with van der Waals surface area (Å²) >= 11 is 0. The van der Waals surface area contributed by atoms with Gasteiger partial charge in [0.25, 0.3) is 0 Å². The third-order valence-electron chi connectivity index (χ3n) is 4.66. The number of hydrogen-bond acceptors (Lipinski definition) is 6. The van der Waals surface area contributed by atoms with Gasteiger partial charge in [-0.05, 0) is 44.0 Å². The third-order valence-corrected chi connectivity index (χ3v) is 4.66. The summed E-state index contributed by atoms with van der Waals surface area (Å²) in [7, 11) is 1.39. The molecule has 1 fully saturated rings. The molecule has 26 heavy (non-hydrogen) atoms. The highest BCUT2D eigenvalue weighted by Gasteiger charge is 2.23. The van der Waals surface area contributed by atoms with Crippen molar-refractivity contribution >= 4 is 0 Å². The number of piperidine rings is 1. The van der Waals surface area contributed by atoms with Crippen molar-refractivity contribution in [2.24, 2.45) is 0 Å². The van der Waals surface area contributed by atoms with Crippen molar-refractivity contribution < 1.29 is 22.8 Å². The minimum Gasteiger partial charge on any atom is -0.493 e. The van der Waals surface area contributed by atoms with E-state index in [-0.39, 0.29) is 11.5 Å². The summed E-state index contributed by atoms with van der Waals surface area (Å²) in [6, 6.07) is 5.12. The number of rotatable bonds is 7. The van der Waals surface area contributed by atoms with Crippen LogP contribution in [0.15, 0.2) is 22.7 Å². The van der Waals surface area contributed by atoms with E-state index in [1.165, 1.54) is 32.4 Å². The first-order valence-corrected chi connectivity index (χ1v) is 8.80. The van der Waals surface area contributed by atoms with E-state index in [0.29, 0.717) is 29.9 Å². The fourth-order valence-corrected chi connectivity index (χ4v) is 3.34. The van der Waals surface area contributed by atoms with Gasteiger partial charge in [-0.2, -0.15) is 13.8 Å². The number of alkyl halides is 2. The van der Waals surface area contributed by atoms with Gasteiger partial charge < -0.3 is 14.0 Å². The fourth-order valence-electron chi connectivity index (χ4n) is 3.34. The van der Waals surface area contributed by atoms with E-state index < -0.39 is 6.61 Å². The average molecular weight is 367 g/mol. The summed E-state index contributed by atoms with van der Waals surface area (Å²) in [5, 5.41) is 4.01. The first kappa shape index (κ1) is 18.6. The predicted molar refractivity (Wildman–Crippen MR) is 91.3 cm³/mol. The van der Waals surface area contributed by atoms with Gasteiger partial charge >= 0.3 is 6.61 Å². The second kappa shape index (κ2) is 8.44. The maximum atomic E-state index is 12.4. The van der Waals surface area contributed by atoms with Crippen LogP contribution in [0.2, 0.25) is 0 Å². The summed E-state index contributed by atoms with van der Waals surface area (Å²) in [6.07, 6.45) is 4.74. The van der Waals surface area contributed by atoms with Gasteiger partial charge in [-0.15, -0.1) is 0 Å². The topological polar surface area (TPSA) is 60.6 Å². The number of hydrogen-bond donors (Lipinski definition) is 0. The number of methoxy groups -OCH3 is 1. The van der Waals surface area contributed by atoms with Crippen LogP contribution in [0.4, 0.5) is 8.78 Å². The quantitative estimate of drug-likeness (QED) is 0.734. The lowest BCUT2D eigenvalue weighted by molar-refractivity contribution is -0.0512. The average Bonchev–Trinajstić information content (AvgIpc) is 3.10. The van der Waals surface area contributed by atoms with Crippen LogP contribution in [0.25, 0.3) is 11.4 Å². The number of nitrogens with zero attached hydrogens (tertiary/aromatic N) is 3. The lowest BCUT2D eigenvalue weighted by Gasteiger charge is -2.33. The van der Waals surface area contributed by atoms with E-state index in [0.717, 1.165) is 13.0 Å². The molecule has 6 nitrogen and oxygen atoms in total. The zero-order valence-corrected chi connectivity index (χ0v) is 15.0. The molecule has 1 atom stereocenters. The Hall–Kier alpha value is -2.22. The van der Waals surface area contributed by atoms with Gasteiger partial charge in [-0.25, -0.2) is 0 Å². The molecule has 142 valence electrons. The largest absolute Gasteiger partial charge is 0.493 e. The smallest absolute Gasteiger partial charge is 0.387 e. The number of benzene rings is 1. The Morgan fingerprint density at radius 3 is 2.88 bits per heavy atom. The number of halogens is 2. The Bertz CT molecular complexity index is 723. The monoisotopic (exact) mass is 367 g/mol. The van der Waals surface area contributed by atoms with Crippen LogP contribution in [-0.4, -0.2) is 41.3 Å². The first-order chi connectivity index (χ1) is 12.6. The standard InChI is InChI=1S/C18H23F2N3O3/c1-3-13-6-4-5-9-23(13)11-16-21-17(22-26-16)12-7-8-14(25-18(19)20)15(10-12)24-2/h7-8,10,13,18H,3-6,9,11H2,1-2H3. The molecule has 0 spiro atoms. The van der Waals surface area contributed by atoms with Gasteiger partial charge in [0.05, 0.1) is 13.7 Å². The van der Waals surface area contributed by atoms with E-state index in [9.17, 15) is 8.78 Å². The minimum atomic E-state index is -2.91. The molecule has 0 saturated carbocycles. The molecule has 1 aliphatic heterocycles. The molecule has 2 heterocycles. The van der Waals surface area contributed by atoms with Gasteiger partial charge in [0.15, 0.2) is 11.5 Å². The Balaban J connectivity index is 1.74. The molecule has 1 saturated heterocycles. The van der Waals surface area contributed by atoms with Gasteiger partial charge in [-0.1, -0.05) is 18.5 Å². The second-order valence-corrected chi connectivity index (χ2v) is 6.28. The number of aromatic nitrogens is 2. The van der Waals surface area contributed by atoms with Crippen molar-refractivity contribution in [2.45, 2.75) is 51.8 Å². The summed E-state index contributed by atoms with van der Waals surface area (Å²) in [5.41, 5.74) is 0.615. The lowest BCUT2D eigenvalue weighted by atomic mass is 10.0. The first-order valence-electron chi connectivity index (χ1n) is 8.80. The van der Waals surface area contributed by atoms with Crippen LogP contribution in [0.1, 0.15) is 38.5 Å². The molecule has 0 aliphatic carbocycles. The Morgan fingerprint density at radius 1 is 1.31 bits per heavy atom. The van der Waals surface area contributed by atoms with Gasteiger partial charge in [-0.3, -0.25) is 4.90 Å². The van der Waals surface area contributed by atoms with E-state index in [1.54, 1.807) is 12.1 Å². The second-order valence-electron chi connectivity index (χ2n) is 6.28. The Morgan fingerprint density at radius 2 is 2.15 bits per heavy atom. The summed E-state index contributed by atoms with van der Waals surface area (Å²) < 4.78 is 39.8. The Kier molecular flexibility index (Phi) is 6.03. The van der Waals surface area contributed by atoms with Crippen molar-refractivity contribution in [3.05, 3.63) is 24.1 Å². The fraction of sp³-hybridized carbons (Fsp3) is 0.556. The molecule has 1 aromatic carbocycles. The third kappa shape index (κ3) is 4.30. The molecule has 8 heteroatoms. The van der Waals surface area contributed by atoms with E-state index >= 15 is 0 Å². The minimum absolute atomic E-state index is 0.0333. The van der Waals surface area contributed by atoms with Crippen LogP contribution >= 0.6 is 0 Å². The molecule has 1 aliphatic rings. The molecule has 0 N–H and O–H groups in total. The molecule has 2 aromatic rings. The van der Waals surface area contributed by atoms with Crippen molar-refractivity contribution in [3.63, 3.8) is 0 Å². The van der Waals surface area contributed by atoms with Crippen molar-refractivity contribution in [1.29, 1.82) is 0 Å². The van der Waals surface area contributed by atoms with Crippen LogP contribution in [0.3, 0.4) is 0 Å². The molecule has 1 unspecified atom stereocenters. The van der Waals surface area contributed by atoms with Gasteiger partial charge in [0.2, 0.25) is 11.7 Å². The normalized spacial score (nSPS) is 18.3. The molecule has 0 amide bonds. The molecule has 1 aromatic heterocycles. The van der Waals surface area contributed by atoms with Crippen LogP contribution in [0, 0.1) is 0 Å². The van der Waals surface area contributed by atoms with E-state index in [4.69, 9.17) is 9.26 Å². The molecular formula is C18H23F2N3O3. The summed E-state index contributed by atoms with van der Waals surface area (Å²) in [6.45, 7) is 0.929. The molecule has 0 bridgehead atoms. The van der Waals surface area contributed by atoms with Crippen LogP contribution in [-0.2, 0) is 6.54 Å². The zero-order valence-electron chi connectivity index (χ0n) is 15.0. The maximum Gasteiger partial charge on any atom is 0.387 e. The van der Waals surface area contributed by atoms with Gasteiger partial charge in [0, 0.05) is 11.6 Å². The Labute approximate surface area is 151 Å². The zero-order chi connectivity index (χ0) is 18.5. The van der Waals surface area contributed by atoms with E-state index in [1.807, 2.05) is 0 Å². The van der Waals surface area contributed by atoms with E-state index in [2.05, 4.69) is 26.7 Å². The molecule has 3 rings (SSSR count). The maximum absolute atomic E-state index is 12.4. The number of ether oxygens (including phenoxy) is 2. The highest BCUT2D eigenvalue weighted by atomic mass is 19.3. The lowest BCUT2D eigenvalue weighted by Crippen LogP contribution is -2.38. The van der Waals surface area contributed by atoms with Crippen molar-refractivity contribution in [1.82, 2.24) is 15.0 Å². The van der Waals surface area contributed by atoms with Gasteiger partial charge in [0.1, 0.15) is 0 Å². The molecular weight excluding hydrogens is 344 g/mol. The molecule has 0 radical (unpaired) electrons. The summed E-state index contributed by atoms with van der Waals surface area (Å²) in [4.78, 5) is 6.82. The number of likely N-dealkylation sites (tertiary alicyclic amines) is 1. The highest BCUT2D eigenvalue weighted by Crippen LogP contribution is 2.32. The van der Waals surface area contributed by atoms with Crippen LogP contribution in [0.5, 0.6) is 11.5 Å². The SMILES string of the molecule is CCC1CCCCN1Cc1nc(-c2ccc(OC(F)F)c(OC)c2)no1. The van der Waals surface area contributed by atoms with Crippen LogP contribution < -0.4 is 9.47 Å². The highest BCUT2D eigenvalue weighted by molar-refractivity contribution is 5.60. The van der Waals surface area contributed by atoms with Crippen molar-refractivity contribution in [3.8, 4) is 22.9 Å². The predicted octanol–water partition coefficient (Wildman–Crippen LogP) is 4.11.